The fourth-order valence-corrected chi connectivity index (χ4v) is 2.56. The molecule has 7 heteroatoms. The molecule has 0 aliphatic carbocycles. The molecule has 0 atom stereocenters. The van der Waals surface area contributed by atoms with E-state index in [1.165, 1.54) is 0 Å². The summed E-state index contributed by atoms with van der Waals surface area (Å²) in [6.45, 7) is 2.14. The first-order valence-electron chi connectivity index (χ1n) is 8.00. The molecule has 1 aromatic heterocycles. The number of hydrogen-bond donors (Lipinski definition) is 0. The van der Waals surface area contributed by atoms with Gasteiger partial charge in [-0.25, -0.2) is 0 Å². The zero-order valence-electron chi connectivity index (χ0n) is 14.8. The molecule has 0 bridgehead atoms. The summed E-state index contributed by atoms with van der Waals surface area (Å²) in [7, 11) is 3.20. The Balaban J connectivity index is 1.63. The molecule has 0 amide bonds. The molecule has 26 heavy (non-hydrogen) atoms. The Morgan fingerprint density at radius 1 is 1.04 bits per heavy atom. The van der Waals surface area contributed by atoms with Crippen LogP contribution in [0.15, 0.2) is 40.9 Å². The molecule has 0 saturated heterocycles. The average Bonchev–Trinajstić information content (AvgIpc) is 3.10. The van der Waals surface area contributed by atoms with E-state index >= 15 is 0 Å². The van der Waals surface area contributed by atoms with E-state index in [1.807, 2.05) is 31.2 Å². The number of methoxy groups -OCH3 is 2. The Bertz CT molecular complexity index is 895. The topological polar surface area (TPSA) is 66.6 Å². The zero-order chi connectivity index (χ0) is 18.5. The standard InChI is InChI=1S/C19H19ClN2O4/c1-12-8-14(5-6-15(12)20)25-11-18-21-19(26-22-18)10-13-4-7-16(23-2)17(9-13)24-3/h4-9H,10-11H2,1-3H3. The summed E-state index contributed by atoms with van der Waals surface area (Å²) in [5.74, 6) is 3.02. The molecule has 0 radical (unpaired) electrons. The second kappa shape index (κ2) is 8.10. The van der Waals surface area contributed by atoms with Crippen molar-refractivity contribution in [3.8, 4) is 17.2 Å². The highest BCUT2D eigenvalue weighted by Crippen LogP contribution is 2.28. The predicted octanol–water partition coefficient (Wildman–Crippen LogP) is 4.22. The molecule has 0 unspecified atom stereocenters. The highest BCUT2D eigenvalue weighted by molar-refractivity contribution is 6.31. The summed E-state index contributed by atoms with van der Waals surface area (Å²) < 4.78 is 21.5. The predicted molar refractivity (Wildman–Crippen MR) is 97.2 cm³/mol. The molecule has 0 aliphatic heterocycles. The quantitative estimate of drug-likeness (QED) is 0.617. The van der Waals surface area contributed by atoms with Crippen molar-refractivity contribution < 1.29 is 18.7 Å². The van der Waals surface area contributed by atoms with Crippen LogP contribution in [0, 0.1) is 6.92 Å². The highest BCUT2D eigenvalue weighted by Gasteiger charge is 2.11. The lowest BCUT2D eigenvalue weighted by molar-refractivity contribution is 0.285. The van der Waals surface area contributed by atoms with E-state index in [4.69, 9.17) is 30.3 Å². The molecule has 1 heterocycles. The molecule has 0 aliphatic rings. The van der Waals surface area contributed by atoms with Crippen molar-refractivity contribution in [1.29, 1.82) is 0 Å². The molecule has 2 aromatic carbocycles. The molecular weight excluding hydrogens is 356 g/mol. The van der Waals surface area contributed by atoms with E-state index in [-0.39, 0.29) is 6.61 Å². The van der Waals surface area contributed by atoms with Crippen LogP contribution in [-0.4, -0.2) is 24.4 Å². The van der Waals surface area contributed by atoms with E-state index in [2.05, 4.69) is 10.1 Å². The monoisotopic (exact) mass is 374 g/mol. The van der Waals surface area contributed by atoms with Crippen LogP contribution in [0.2, 0.25) is 5.02 Å². The lowest BCUT2D eigenvalue weighted by Gasteiger charge is -2.08. The minimum absolute atomic E-state index is 0.219. The van der Waals surface area contributed by atoms with Gasteiger partial charge in [-0.1, -0.05) is 22.8 Å². The van der Waals surface area contributed by atoms with Gasteiger partial charge in [0.15, 0.2) is 18.1 Å². The first-order chi connectivity index (χ1) is 12.6. The van der Waals surface area contributed by atoms with Crippen LogP contribution in [0.4, 0.5) is 0 Å². The summed E-state index contributed by atoms with van der Waals surface area (Å²) in [4.78, 5) is 4.36. The number of hydrogen-bond acceptors (Lipinski definition) is 6. The van der Waals surface area contributed by atoms with Crippen molar-refractivity contribution in [2.45, 2.75) is 20.0 Å². The third kappa shape index (κ3) is 4.26. The molecular formula is C19H19ClN2O4. The van der Waals surface area contributed by atoms with Crippen LogP contribution in [0.1, 0.15) is 22.8 Å². The number of aryl methyl sites for hydroxylation is 1. The third-order valence-electron chi connectivity index (χ3n) is 3.81. The maximum absolute atomic E-state index is 6.01. The number of nitrogens with zero attached hydrogens (tertiary/aromatic N) is 2. The lowest BCUT2D eigenvalue weighted by atomic mass is 10.1. The molecule has 136 valence electrons. The van der Waals surface area contributed by atoms with Gasteiger partial charge in [0.1, 0.15) is 5.75 Å². The Morgan fingerprint density at radius 3 is 2.58 bits per heavy atom. The number of benzene rings is 2. The summed E-state index contributed by atoms with van der Waals surface area (Å²) in [6, 6.07) is 11.1. The Kier molecular flexibility index (Phi) is 5.63. The summed E-state index contributed by atoms with van der Waals surface area (Å²) in [5.41, 5.74) is 1.93. The zero-order valence-corrected chi connectivity index (χ0v) is 15.5. The van der Waals surface area contributed by atoms with Crippen molar-refractivity contribution in [2.75, 3.05) is 14.2 Å². The smallest absolute Gasteiger partial charge is 0.231 e. The molecule has 0 saturated carbocycles. The van der Waals surface area contributed by atoms with E-state index < -0.39 is 0 Å². The van der Waals surface area contributed by atoms with Gasteiger partial charge >= 0.3 is 0 Å². The van der Waals surface area contributed by atoms with E-state index in [0.717, 1.165) is 11.1 Å². The fraction of sp³-hybridized carbons (Fsp3) is 0.263. The van der Waals surface area contributed by atoms with Crippen LogP contribution in [0.5, 0.6) is 17.2 Å². The molecule has 3 aromatic rings. The number of aromatic nitrogens is 2. The van der Waals surface area contributed by atoms with Crippen molar-refractivity contribution >= 4 is 11.6 Å². The van der Waals surface area contributed by atoms with E-state index in [0.29, 0.717) is 40.4 Å². The van der Waals surface area contributed by atoms with Crippen LogP contribution in [0.25, 0.3) is 0 Å². The van der Waals surface area contributed by atoms with Crippen LogP contribution in [0.3, 0.4) is 0 Å². The third-order valence-corrected chi connectivity index (χ3v) is 4.23. The number of ether oxygens (including phenoxy) is 3. The van der Waals surface area contributed by atoms with Crippen molar-refractivity contribution in [3.63, 3.8) is 0 Å². The summed E-state index contributed by atoms with van der Waals surface area (Å²) in [6.07, 6.45) is 0.493. The minimum atomic E-state index is 0.219. The first-order valence-corrected chi connectivity index (χ1v) is 8.38. The Hall–Kier alpha value is -2.73. The van der Waals surface area contributed by atoms with Gasteiger partial charge in [0.25, 0.3) is 0 Å². The van der Waals surface area contributed by atoms with Gasteiger partial charge in [0.2, 0.25) is 11.7 Å². The van der Waals surface area contributed by atoms with E-state index in [1.54, 1.807) is 26.4 Å². The first kappa shape index (κ1) is 18.1. The molecule has 3 rings (SSSR count). The van der Waals surface area contributed by atoms with Gasteiger partial charge in [-0.15, -0.1) is 0 Å². The van der Waals surface area contributed by atoms with Crippen molar-refractivity contribution in [2.24, 2.45) is 0 Å². The summed E-state index contributed by atoms with van der Waals surface area (Å²) in [5, 5.41) is 4.65. The number of halogens is 1. The maximum Gasteiger partial charge on any atom is 0.231 e. The average molecular weight is 375 g/mol. The van der Waals surface area contributed by atoms with Gasteiger partial charge in [0.05, 0.1) is 20.6 Å². The van der Waals surface area contributed by atoms with Crippen molar-refractivity contribution in [1.82, 2.24) is 10.1 Å². The van der Waals surface area contributed by atoms with Crippen LogP contribution >= 0.6 is 11.6 Å². The largest absolute Gasteiger partial charge is 0.493 e. The second-order valence-corrected chi connectivity index (χ2v) is 6.08. The Labute approximate surface area is 156 Å². The van der Waals surface area contributed by atoms with Crippen LogP contribution in [-0.2, 0) is 13.0 Å². The van der Waals surface area contributed by atoms with E-state index in [9.17, 15) is 0 Å². The van der Waals surface area contributed by atoms with Gasteiger partial charge < -0.3 is 18.7 Å². The van der Waals surface area contributed by atoms with Gasteiger partial charge in [-0.05, 0) is 48.4 Å². The number of rotatable bonds is 7. The van der Waals surface area contributed by atoms with Gasteiger partial charge in [-0.2, -0.15) is 4.98 Å². The lowest BCUT2D eigenvalue weighted by Crippen LogP contribution is -1.98. The van der Waals surface area contributed by atoms with Gasteiger partial charge in [-0.3, -0.25) is 0 Å². The molecule has 6 nitrogen and oxygen atoms in total. The molecule has 0 spiro atoms. The normalized spacial score (nSPS) is 10.6. The van der Waals surface area contributed by atoms with Gasteiger partial charge in [0, 0.05) is 5.02 Å². The molecule has 0 fully saturated rings. The Morgan fingerprint density at radius 2 is 1.85 bits per heavy atom. The molecule has 0 N–H and O–H groups in total. The second-order valence-electron chi connectivity index (χ2n) is 5.67. The highest BCUT2D eigenvalue weighted by atomic mass is 35.5. The fourth-order valence-electron chi connectivity index (χ4n) is 2.44. The maximum atomic E-state index is 6.01. The summed E-state index contributed by atoms with van der Waals surface area (Å²) >= 11 is 6.01. The van der Waals surface area contributed by atoms with Crippen LogP contribution < -0.4 is 14.2 Å². The minimum Gasteiger partial charge on any atom is -0.493 e. The van der Waals surface area contributed by atoms with Crippen molar-refractivity contribution in [3.05, 3.63) is 64.3 Å². The SMILES string of the molecule is COc1ccc(Cc2nc(COc3ccc(Cl)c(C)c3)no2)cc1OC.